The molecule has 0 aliphatic heterocycles. The van der Waals surface area contributed by atoms with Crippen molar-refractivity contribution in [1.29, 1.82) is 0 Å². The van der Waals surface area contributed by atoms with Gasteiger partial charge in [0.05, 0.1) is 5.56 Å². The summed E-state index contributed by atoms with van der Waals surface area (Å²) in [5, 5.41) is 2.97. The molecule has 3 nitrogen and oxygen atoms in total. The van der Waals surface area contributed by atoms with Gasteiger partial charge in [-0.3, -0.25) is 0 Å². The lowest BCUT2D eigenvalue weighted by Crippen LogP contribution is -2.07. The van der Waals surface area contributed by atoms with Crippen LogP contribution in [0.2, 0.25) is 0 Å². The summed E-state index contributed by atoms with van der Waals surface area (Å²) in [6.07, 6.45) is -0.698. The molecule has 0 radical (unpaired) electrons. The Hall–Kier alpha value is -1.95. The van der Waals surface area contributed by atoms with Gasteiger partial charge in [0.2, 0.25) is 0 Å². The highest BCUT2D eigenvalue weighted by molar-refractivity contribution is 5.27. The molecule has 0 unspecified atom stereocenters. The van der Waals surface area contributed by atoms with Crippen molar-refractivity contribution in [3.8, 4) is 0 Å². The Bertz CT molecular complexity index is 565. The molecule has 0 saturated carbocycles. The van der Waals surface area contributed by atoms with E-state index in [1.165, 1.54) is 6.07 Å². The zero-order valence-electron chi connectivity index (χ0n) is 10.9. The van der Waals surface area contributed by atoms with Crippen LogP contribution in [0.5, 0.6) is 0 Å². The fourth-order valence-electron chi connectivity index (χ4n) is 1.81. The second-order valence-corrected chi connectivity index (χ2v) is 4.41. The van der Waals surface area contributed by atoms with Gasteiger partial charge in [0.15, 0.2) is 0 Å². The largest absolute Gasteiger partial charge is 0.416 e. The van der Waals surface area contributed by atoms with Crippen LogP contribution in [-0.2, 0) is 19.1 Å². The molecule has 0 amide bonds. The third-order valence-electron chi connectivity index (χ3n) is 2.76. The lowest BCUT2D eigenvalue weighted by atomic mass is 10.1. The van der Waals surface area contributed by atoms with E-state index < -0.39 is 11.7 Å². The van der Waals surface area contributed by atoms with Gasteiger partial charge >= 0.3 is 6.18 Å². The van der Waals surface area contributed by atoms with Crippen LogP contribution in [0.1, 0.15) is 22.5 Å². The monoisotopic (exact) mass is 281 g/mol. The summed E-state index contributed by atoms with van der Waals surface area (Å²) < 4.78 is 37.8. The van der Waals surface area contributed by atoms with Crippen molar-refractivity contribution in [3.63, 3.8) is 0 Å². The van der Waals surface area contributed by atoms with Gasteiger partial charge in [-0.1, -0.05) is 18.2 Å². The molecule has 0 bridgehead atoms. The van der Waals surface area contributed by atoms with E-state index in [9.17, 15) is 13.2 Å². The smallest absolute Gasteiger partial charge is 0.316 e. The molecule has 1 N–H and O–H groups in total. The van der Waals surface area contributed by atoms with Crippen molar-refractivity contribution < 1.29 is 13.2 Å². The molecule has 2 aromatic rings. The number of nitrogens with zero attached hydrogens (tertiary/aromatic N) is 2. The van der Waals surface area contributed by atoms with Gasteiger partial charge in [-0.05, 0) is 18.7 Å². The molecule has 0 atom stereocenters. The summed E-state index contributed by atoms with van der Waals surface area (Å²) >= 11 is 0. The first-order chi connectivity index (χ1) is 9.49. The minimum atomic E-state index is -4.33. The number of hydrogen-bond donors (Lipinski definition) is 1. The van der Waals surface area contributed by atoms with Gasteiger partial charge in [-0.2, -0.15) is 13.2 Å². The third kappa shape index (κ3) is 3.77. The molecule has 1 aromatic heterocycles. The van der Waals surface area contributed by atoms with Crippen LogP contribution in [0, 0.1) is 0 Å². The van der Waals surface area contributed by atoms with Gasteiger partial charge in [-0.25, -0.2) is 9.97 Å². The van der Waals surface area contributed by atoms with Crippen LogP contribution in [0.25, 0.3) is 0 Å². The number of rotatable bonds is 4. The summed E-state index contributed by atoms with van der Waals surface area (Å²) in [5.74, 6) is 0.504. The Labute approximate surface area is 114 Å². The van der Waals surface area contributed by atoms with Gasteiger partial charge in [-0.15, -0.1) is 0 Å². The molecule has 6 heteroatoms. The SMILES string of the molecule is CNCc1cnc(Cc2cccc(C(F)(F)F)c2)nc1. The molecular weight excluding hydrogens is 267 g/mol. The Morgan fingerprint density at radius 3 is 2.40 bits per heavy atom. The normalized spacial score (nSPS) is 11.6. The van der Waals surface area contributed by atoms with Gasteiger partial charge < -0.3 is 5.32 Å². The van der Waals surface area contributed by atoms with E-state index in [1.54, 1.807) is 18.5 Å². The third-order valence-corrected chi connectivity index (χ3v) is 2.76. The van der Waals surface area contributed by atoms with E-state index in [0.717, 1.165) is 17.7 Å². The van der Waals surface area contributed by atoms with Crippen LogP contribution in [0.3, 0.4) is 0 Å². The summed E-state index contributed by atoms with van der Waals surface area (Å²) in [5.41, 5.74) is 0.822. The average molecular weight is 281 g/mol. The molecule has 0 saturated heterocycles. The molecule has 20 heavy (non-hydrogen) atoms. The van der Waals surface area contributed by atoms with E-state index in [1.807, 2.05) is 7.05 Å². The maximum atomic E-state index is 12.6. The van der Waals surface area contributed by atoms with Gasteiger partial charge in [0.25, 0.3) is 0 Å². The van der Waals surface area contributed by atoms with Crippen molar-refractivity contribution in [2.24, 2.45) is 0 Å². The van der Waals surface area contributed by atoms with Crippen LogP contribution < -0.4 is 5.32 Å². The zero-order chi connectivity index (χ0) is 14.6. The first-order valence-corrected chi connectivity index (χ1v) is 6.09. The molecule has 106 valence electrons. The number of alkyl halides is 3. The summed E-state index contributed by atoms with van der Waals surface area (Å²) in [4.78, 5) is 8.30. The molecular formula is C14H14F3N3. The molecule has 0 aliphatic rings. The minimum absolute atomic E-state index is 0.282. The van der Waals surface area contributed by atoms with E-state index in [-0.39, 0.29) is 6.42 Å². The lowest BCUT2D eigenvalue weighted by molar-refractivity contribution is -0.137. The van der Waals surface area contributed by atoms with Crippen molar-refractivity contribution in [3.05, 3.63) is 59.2 Å². The number of halogens is 3. The first kappa shape index (κ1) is 14.5. The lowest BCUT2D eigenvalue weighted by Gasteiger charge is -2.08. The van der Waals surface area contributed by atoms with E-state index in [0.29, 0.717) is 17.9 Å². The summed E-state index contributed by atoms with van der Waals surface area (Å²) in [6.45, 7) is 0.657. The van der Waals surface area contributed by atoms with Crippen molar-refractivity contribution >= 4 is 0 Å². The van der Waals surface area contributed by atoms with Crippen molar-refractivity contribution in [1.82, 2.24) is 15.3 Å². The highest BCUT2D eigenvalue weighted by atomic mass is 19.4. The fourth-order valence-corrected chi connectivity index (χ4v) is 1.81. The quantitative estimate of drug-likeness (QED) is 0.936. The minimum Gasteiger partial charge on any atom is -0.316 e. The fraction of sp³-hybridized carbons (Fsp3) is 0.286. The number of benzene rings is 1. The predicted molar refractivity (Wildman–Crippen MR) is 69.0 cm³/mol. The molecule has 2 rings (SSSR count). The maximum absolute atomic E-state index is 12.6. The van der Waals surface area contributed by atoms with Gasteiger partial charge in [0.1, 0.15) is 5.82 Å². The number of nitrogens with one attached hydrogen (secondary N) is 1. The van der Waals surface area contributed by atoms with Crippen LogP contribution in [-0.4, -0.2) is 17.0 Å². The predicted octanol–water partition coefficient (Wildman–Crippen LogP) is 2.81. The average Bonchev–Trinajstić information content (AvgIpc) is 2.41. The second-order valence-electron chi connectivity index (χ2n) is 4.41. The maximum Gasteiger partial charge on any atom is 0.416 e. The summed E-state index contributed by atoms with van der Waals surface area (Å²) in [7, 11) is 1.82. The number of hydrogen-bond acceptors (Lipinski definition) is 3. The Kier molecular flexibility index (Phi) is 4.34. The molecule has 0 spiro atoms. The highest BCUT2D eigenvalue weighted by Gasteiger charge is 2.30. The van der Waals surface area contributed by atoms with E-state index in [2.05, 4.69) is 15.3 Å². The van der Waals surface area contributed by atoms with E-state index in [4.69, 9.17) is 0 Å². The van der Waals surface area contributed by atoms with Crippen LogP contribution in [0.15, 0.2) is 36.7 Å². The van der Waals surface area contributed by atoms with Crippen molar-refractivity contribution in [2.45, 2.75) is 19.1 Å². The summed E-state index contributed by atoms with van der Waals surface area (Å²) in [6, 6.07) is 5.22. The second kappa shape index (κ2) is 6.00. The van der Waals surface area contributed by atoms with Crippen LogP contribution >= 0.6 is 0 Å². The molecule has 1 heterocycles. The van der Waals surface area contributed by atoms with E-state index >= 15 is 0 Å². The molecule has 0 fully saturated rings. The van der Waals surface area contributed by atoms with Crippen molar-refractivity contribution in [2.75, 3.05) is 7.05 Å². The Balaban J connectivity index is 2.13. The Morgan fingerprint density at radius 1 is 1.10 bits per heavy atom. The van der Waals surface area contributed by atoms with Crippen LogP contribution in [0.4, 0.5) is 13.2 Å². The Morgan fingerprint density at radius 2 is 1.80 bits per heavy atom. The zero-order valence-corrected chi connectivity index (χ0v) is 10.9. The number of aromatic nitrogens is 2. The first-order valence-electron chi connectivity index (χ1n) is 6.09. The molecule has 0 aliphatic carbocycles. The van der Waals surface area contributed by atoms with Gasteiger partial charge in [0, 0.05) is 30.9 Å². The standard InChI is InChI=1S/C14H14F3N3/c1-18-7-11-8-19-13(20-9-11)6-10-3-2-4-12(5-10)14(15,16)17/h2-5,8-9,18H,6-7H2,1H3. The molecule has 1 aromatic carbocycles. The topological polar surface area (TPSA) is 37.8 Å². The highest BCUT2D eigenvalue weighted by Crippen LogP contribution is 2.29.